The maximum absolute atomic E-state index is 4.32. The predicted molar refractivity (Wildman–Crippen MR) is 56.4 cm³/mol. The second-order valence-electron chi connectivity index (χ2n) is 3.67. The van der Waals surface area contributed by atoms with Gasteiger partial charge >= 0.3 is 0 Å². The highest BCUT2D eigenvalue weighted by molar-refractivity contribution is 7.13. The number of thiazole rings is 1. The van der Waals surface area contributed by atoms with Gasteiger partial charge < -0.3 is 9.80 Å². The van der Waals surface area contributed by atoms with Crippen molar-refractivity contribution in [2.75, 3.05) is 32.1 Å². The number of aromatic nitrogens is 1. The molecule has 0 bridgehead atoms. The van der Waals surface area contributed by atoms with Crippen molar-refractivity contribution in [2.45, 2.75) is 12.5 Å². The van der Waals surface area contributed by atoms with Crippen LogP contribution in [-0.4, -0.2) is 43.1 Å². The van der Waals surface area contributed by atoms with E-state index >= 15 is 0 Å². The van der Waals surface area contributed by atoms with Gasteiger partial charge in [-0.2, -0.15) is 0 Å². The highest BCUT2D eigenvalue weighted by Crippen LogP contribution is 2.23. The van der Waals surface area contributed by atoms with E-state index in [1.54, 1.807) is 11.3 Å². The molecule has 1 aliphatic rings. The number of hydrogen-bond donors (Lipinski definition) is 0. The van der Waals surface area contributed by atoms with E-state index in [1.165, 1.54) is 11.6 Å². The molecule has 0 N–H and O–H groups in total. The minimum Gasteiger partial charge on any atom is -0.346 e. The molecule has 0 aliphatic carbocycles. The van der Waals surface area contributed by atoms with Crippen molar-refractivity contribution >= 4 is 16.5 Å². The normalized spacial score (nSPS) is 23.0. The monoisotopic (exact) mass is 197 g/mol. The van der Waals surface area contributed by atoms with E-state index in [9.17, 15) is 0 Å². The SMILES string of the molecule is CN(C)C1CCN(c2nccs2)C1. The Bertz CT molecular complexity index is 258. The smallest absolute Gasteiger partial charge is 0.185 e. The Morgan fingerprint density at radius 1 is 1.62 bits per heavy atom. The van der Waals surface area contributed by atoms with Gasteiger partial charge in [0, 0.05) is 30.7 Å². The van der Waals surface area contributed by atoms with Crippen molar-refractivity contribution in [2.24, 2.45) is 0 Å². The number of likely N-dealkylation sites (N-methyl/N-ethyl adjacent to an activating group) is 1. The van der Waals surface area contributed by atoms with Gasteiger partial charge in [-0.25, -0.2) is 4.98 Å². The van der Waals surface area contributed by atoms with Crippen LogP contribution in [0, 0.1) is 0 Å². The number of hydrogen-bond acceptors (Lipinski definition) is 4. The first-order valence-electron chi connectivity index (χ1n) is 4.58. The third-order valence-corrected chi connectivity index (χ3v) is 3.42. The predicted octanol–water partition coefficient (Wildman–Crippen LogP) is 1.28. The Morgan fingerprint density at radius 3 is 3.00 bits per heavy atom. The maximum Gasteiger partial charge on any atom is 0.185 e. The summed E-state index contributed by atoms with van der Waals surface area (Å²) in [6.45, 7) is 2.27. The van der Waals surface area contributed by atoms with E-state index in [0.717, 1.165) is 13.1 Å². The van der Waals surface area contributed by atoms with Gasteiger partial charge in [0.05, 0.1) is 0 Å². The molecule has 4 heteroatoms. The van der Waals surface area contributed by atoms with Gasteiger partial charge in [0.2, 0.25) is 0 Å². The molecule has 1 aromatic rings. The van der Waals surface area contributed by atoms with Crippen molar-refractivity contribution in [3.8, 4) is 0 Å². The molecular formula is C9H15N3S. The Balaban J connectivity index is 1.99. The van der Waals surface area contributed by atoms with Gasteiger partial charge in [-0.3, -0.25) is 0 Å². The fourth-order valence-electron chi connectivity index (χ4n) is 1.71. The lowest BCUT2D eigenvalue weighted by Crippen LogP contribution is -2.31. The lowest BCUT2D eigenvalue weighted by atomic mass is 10.2. The summed E-state index contributed by atoms with van der Waals surface area (Å²) in [7, 11) is 4.30. The molecule has 1 fully saturated rings. The molecule has 72 valence electrons. The molecule has 13 heavy (non-hydrogen) atoms. The minimum atomic E-state index is 0.698. The fourth-order valence-corrected chi connectivity index (χ4v) is 2.39. The van der Waals surface area contributed by atoms with E-state index < -0.39 is 0 Å². The van der Waals surface area contributed by atoms with Crippen LogP contribution in [-0.2, 0) is 0 Å². The molecule has 0 aromatic carbocycles. The van der Waals surface area contributed by atoms with Gasteiger partial charge in [0.15, 0.2) is 5.13 Å². The molecule has 0 amide bonds. The van der Waals surface area contributed by atoms with Crippen LogP contribution in [0.2, 0.25) is 0 Å². The second-order valence-corrected chi connectivity index (χ2v) is 4.54. The molecule has 0 spiro atoms. The van der Waals surface area contributed by atoms with Gasteiger partial charge in [-0.05, 0) is 20.5 Å². The molecule has 1 aromatic heterocycles. The molecule has 1 unspecified atom stereocenters. The first-order valence-corrected chi connectivity index (χ1v) is 5.46. The van der Waals surface area contributed by atoms with Crippen LogP contribution >= 0.6 is 11.3 Å². The lowest BCUT2D eigenvalue weighted by molar-refractivity contribution is 0.315. The van der Waals surface area contributed by atoms with Crippen LogP contribution in [0.4, 0.5) is 5.13 Å². The standard InChI is InChI=1S/C9H15N3S/c1-11(2)8-3-5-12(7-8)9-10-4-6-13-9/h4,6,8H,3,5,7H2,1-2H3. The summed E-state index contributed by atoms with van der Waals surface area (Å²) in [6.07, 6.45) is 3.13. The molecule has 2 rings (SSSR count). The topological polar surface area (TPSA) is 19.4 Å². The van der Waals surface area contributed by atoms with Crippen LogP contribution < -0.4 is 4.90 Å². The summed E-state index contributed by atoms with van der Waals surface area (Å²) >= 11 is 1.73. The second kappa shape index (κ2) is 3.64. The Morgan fingerprint density at radius 2 is 2.46 bits per heavy atom. The lowest BCUT2D eigenvalue weighted by Gasteiger charge is -2.19. The Kier molecular flexibility index (Phi) is 2.51. The number of nitrogens with zero attached hydrogens (tertiary/aromatic N) is 3. The summed E-state index contributed by atoms with van der Waals surface area (Å²) in [4.78, 5) is 8.99. The molecular weight excluding hydrogens is 182 g/mol. The van der Waals surface area contributed by atoms with Crippen LogP contribution in [0.15, 0.2) is 11.6 Å². The molecule has 2 heterocycles. The van der Waals surface area contributed by atoms with E-state index in [0.29, 0.717) is 6.04 Å². The largest absolute Gasteiger partial charge is 0.346 e. The first kappa shape index (κ1) is 8.97. The third kappa shape index (κ3) is 1.84. The van der Waals surface area contributed by atoms with Crippen LogP contribution in [0.5, 0.6) is 0 Å². The molecule has 3 nitrogen and oxygen atoms in total. The average Bonchev–Trinajstić information content (AvgIpc) is 2.75. The van der Waals surface area contributed by atoms with Crippen molar-refractivity contribution in [3.63, 3.8) is 0 Å². The van der Waals surface area contributed by atoms with Gasteiger partial charge in [0.1, 0.15) is 0 Å². The Hall–Kier alpha value is -0.610. The highest BCUT2D eigenvalue weighted by atomic mass is 32.1. The van der Waals surface area contributed by atoms with Gasteiger partial charge in [-0.15, -0.1) is 11.3 Å². The quantitative estimate of drug-likeness (QED) is 0.712. The van der Waals surface area contributed by atoms with Gasteiger partial charge in [-0.1, -0.05) is 0 Å². The van der Waals surface area contributed by atoms with Crippen LogP contribution in [0.1, 0.15) is 6.42 Å². The highest BCUT2D eigenvalue weighted by Gasteiger charge is 2.24. The zero-order chi connectivity index (χ0) is 9.26. The van der Waals surface area contributed by atoms with Crippen LogP contribution in [0.25, 0.3) is 0 Å². The van der Waals surface area contributed by atoms with Crippen molar-refractivity contribution in [1.29, 1.82) is 0 Å². The fraction of sp³-hybridized carbons (Fsp3) is 0.667. The van der Waals surface area contributed by atoms with E-state index in [-0.39, 0.29) is 0 Å². The number of rotatable bonds is 2. The first-order chi connectivity index (χ1) is 6.27. The van der Waals surface area contributed by atoms with E-state index in [2.05, 4.69) is 28.9 Å². The summed E-state index contributed by atoms with van der Waals surface area (Å²) in [5, 5.41) is 3.21. The third-order valence-electron chi connectivity index (χ3n) is 2.58. The zero-order valence-electron chi connectivity index (χ0n) is 8.10. The summed E-state index contributed by atoms with van der Waals surface area (Å²) in [6, 6.07) is 0.698. The molecule has 0 radical (unpaired) electrons. The molecule has 1 atom stereocenters. The van der Waals surface area contributed by atoms with Crippen LogP contribution in [0.3, 0.4) is 0 Å². The molecule has 1 aliphatic heterocycles. The van der Waals surface area contributed by atoms with E-state index in [1.807, 2.05) is 11.6 Å². The minimum absolute atomic E-state index is 0.698. The van der Waals surface area contributed by atoms with Crippen molar-refractivity contribution < 1.29 is 0 Å². The summed E-state index contributed by atoms with van der Waals surface area (Å²) < 4.78 is 0. The van der Waals surface area contributed by atoms with Crippen molar-refractivity contribution in [3.05, 3.63) is 11.6 Å². The summed E-state index contributed by atoms with van der Waals surface area (Å²) in [5.41, 5.74) is 0. The molecule has 1 saturated heterocycles. The maximum atomic E-state index is 4.32. The zero-order valence-corrected chi connectivity index (χ0v) is 8.92. The average molecular weight is 197 g/mol. The van der Waals surface area contributed by atoms with Gasteiger partial charge in [0.25, 0.3) is 0 Å². The molecule has 0 saturated carbocycles. The van der Waals surface area contributed by atoms with E-state index in [4.69, 9.17) is 0 Å². The van der Waals surface area contributed by atoms with Crippen molar-refractivity contribution in [1.82, 2.24) is 9.88 Å². The number of anilines is 1. The summed E-state index contributed by atoms with van der Waals surface area (Å²) in [5.74, 6) is 0. The Labute approximate surface area is 83.0 Å².